The molecule has 3 N–H and O–H groups in total. The molecule has 20 heavy (non-hydrogen) atoms. The molecule has 1 amide bonds. The van der Waals surface area contributed by atoms with Crippen molar-refractivity contribution in [1.29, 1.82) is 0 Å². The summed E-state index contributed by atoms with van der Waals surface area (Å²) in [6, 6.07) is 9.35. The molecule has 0 radical (unpaired) electrons. The number of nitrogens with one attached hydrogen (secondary N) is 1. The van der Waals surface area contributed by atoms with Crippen LogP contribution in [0.5, 0.6) is 0 Å². The van der Waals surface area contributed by atoms with Crippen LogP contribution in [0.4, 0.5) is 11.4 Å². The van der Waals surface area contributed by atoms with Crippen LogP contribution in [0.25, 0.3) is 0 Å². The SMILES string of the molecule is Cc1cc(C)c(NC(=O)c2cc(Br)ccc2N)c(C)c1. The maximum Gasteiger partial charge on any atom is 0.257 e. The molecule has 2 aromatic carbocycles. The van der Waals surface area contributed by atoms with E-state index in [0.29, 0.717) is 11.3 Å². The quantitative estimate of drug-likeness (QED) is 0.809. The number of carbonyl (C=O) groups excluding carboxylic acids is 1. The molecule has 0 saturated heterocycles. The second-order valence-electron chi connectivity index (χ2n) is 4.96. The molecular weight excluding hydrogens is 316 g/mol. The minimum atomic E-state index is -0.196. The Kier molecular flexibility index (Phi) is 4.14. The van der Waals surface area contributed by atoms with Crippen molar-refractivity contribution in [3.05, 3.63) is 57.1 Å². The van der Waals surface area contributed by atoms with Crippen molar-refractivity contribution >= 4 is 33.2 Å². The summed E-state index contributed by atoms with van der Waals surface area (Å²) in [7, 11) is 0. The van der Waals surface area contributed by atoms with E-state index in [-0.39, 0.29) is 5.91 Å². The molecule has 3 nitrogen and oxygen atoms in total. The third-order valence-corrected chi connectivity index (χ3v) is 3.67. The molecule has 0 aliphatic heterocycles. The highest BCUT2D eigenvalue weighted by molar-refractivity contribution is 9.10. The Balaban J connectivity index is 2.35. The molecule has 0 aliphatic rings. The number of nitrogen functional groups attached to an aromatic ring is 1. The van der Waals surface area contributed by atoms with Crippen LogP contribution in [0.3, 0.4) is 0 Å². The summed E-state index contributed by atoms with van der Waals surface area (Å²) in [4.78, 5) is 12.4. The number of benzene rings is 2. The standard InChI is InChI=1S/C16H17BrN2O/c1-9-6-10(2)15(11(3)7-9)19-16(20)13-8-12(17)4-5-14(13)18/h4-8H,18H2,1-3H3,(H,19,20). The third kappa shape index (κ3) is 3.02. The van der Waals surface area contributed by atoms with E-state index in [1.807, 2.05) is 39.0 Å². The van der Waals surface area contributed by atoms with Gasteiger partial charge in [0.15, 0.2) is 0 Å². The largest absolute Gasteiger partial charge is 0.398 e. The topological polar surface area (TPSA) is 55.1 Å². The first-order valence-corrected chi connectivity index (χ1v) is 7.12. The van der Waals surface area contributed by atoms with E-state index in [0.717, 1.165) is 21.3 Å². The maximum atomic E-state index is 12.4. The molecule has 0 aliphatic carbocycles. The zero-order valence-corrected chi connectivity index (χ0v) is 13.3. The van der Waals surface area contributed by atoms with Gasteiger partial charge in [0.25, 0.3) is 5.91 Å². The summed E-state index contributed by atoms with van der Waals surface area (Å²) in [5, 5.41) is 2.95. The minimum Gasteiger partial charge on any atom is -0.398 e. The van der Waals surface area contributed by atoms with Gasteiger partial charge in [0.1, 0.15) is 0 Å². The summed E-state index contributed by atoms with van der Waals surface area (Å²) in [6.07, 6.45) is 0. The monoisotopic (exact) mass is 332 g/mol. The van der Waals surface area contributed by atoms with Crippen LogP contribution in [0.2, 0.25) is 0 Å². The van der Waals surface area contributed by atoms with Crippen molar-refractivity contribution in [2.75, 3.05) is 11.1 Å². The Morgan fingerprint density at radius 1 is 1.10 bits per heavy atom. The molecule has 2 aromatic rings. The van der Waals surface area contributed by atoms with Crippen LogP contribution in [0.1, 0.15) is 27.0 Å². The number of carbonyl (C=O) groups is 1. The fraction of sp³-hybridized carbons (Fsp3) is 0.188. The van der Waals surface area contributed by atoms with E-state index in [1.54, 1.807) is 12.1 Å². The summed E-state index contributed by atoms with van der Waals surface area (Å²) in [5.74, 6) is -0.196. The van der Waals surface area contributed by atoms with Crippen LogP contribution in [-0.2, 0) is 0 Å². The van der Waals surface area contributed by atoms with Gasteiger partial charge in [0.05, 0.1) is 5.56 Å². The smallest absolute Gasteiger partial charge is 0.257 e. The van der Waals surface area contributed by atoms with E-state index in [2.05, 4.69) is 21.2 Å². The maximum absolute atomic E-state index is 12.4. The molecule has 0 saturated carbocycles. The highest BCUT2D eigenvalue weighted by atomic mass is 79.9. The van der Waals surface area contributed by atoms with Gasteiger partial charge in [-0.2, -0.15) is 0 Å². The molecule has 0 bridgehead atoms. The molecule has 0 unspecified atom stereocenters. The molecule has 0 atom stereocenters. The van der Waals surface area contributed by atoms with Crippen molar-refractivity contribution in [2.24, 2.45) is 0 Å². The first-order valence-electron chi connectivity index (χ1n) is 6.32. The molecule has 0 spiro atoms. The Morgan fingerprint density at radius 3 is 2.30 bits per heavy atom. The molecule has 0 fully saturated rings. The van der Waals surface area contributed by atoms with Crippen LogP contribution in [-0.4, -0.2) is 5.91 Å². The molecule has 104 valence electrons. The van der Waals surface area contributed by atoms with E-state index in [1.165, 1.54) is 5.56 Å². The van der Waals surface area contributed by atoms with E-state index >= 15 is 0 Å². The summed E-state index contributed by atoms with van der Waals surface area (Å²) >= 11 is 3.35. The predicted molar refractivity (Wildman–Crippen MR) is 87.2 cm³/mol. The van der Waals surface area contributed by atoms with Gasteiger partial charge in [0.2, 0.25) is 0 Å². The molecule has 2 rings (SSSR count). The normalized spacial score (nSPS) is 10.4. The van der Waals surface area contributed by atoms with Crippen molar-refractivity contribution in [2.45, 2.75) is 20.8 Å². The highest BCUT2D eigenvalue weighted by Gasteiger charge is 2.13. The number of amides is 1. The summed E-state index contributed by atoms with van der Waals surface area (Å²) < 4.78 is 0.828. The lowest BCUT2D eigenvalue weighted by Gasteiger charge is -2.14. The number of rotatable bonds is 2. The lowest BCUT2D eigenvalue weighted by atomic mass is 10.0. The van der Waals surface area contributed by atoms with E-state index < -0.39 is 0 Å². The van der Waals surface area contributed by atoms with Gasteiger partial charge in [-0.3, -0.25) is 4.79 Å². The summed E-state index contributed by atoms with van der Waals surface area (Å²) in [6.45, 7) is 6.01. The summed E-state index contributed by atoms with van der Waals surface area (Å²) in [5.41, 5.74) is 10.9. The van der Waals surface area contributed by atoms with Crippen molar-refractivity contribution in [1.82, 2.24) is 0 Å². The Bertz CT molecular complexity index is 657. The Hall–Kier alpha value is -1.81. The van der Waals surface area contributed by atoms with Crippen LogP contribution < -0.4 is 11.1 Å². The Labute approximate surface area is 127 Å². The lowest BCUT2D eigenvalue weighted by molar-refractivity contribution is 0.102. The number of aryl methyl sites for hydroxylation is 3. The average molecular weight is 333 g/mol. The number of anilines is 2. The van der Waals surface area contributed by atoms with Gasteiger partial charge in [-0.1, -0.05) is 33.6 Å². The number of halogens is 1. The number of hydrogen-bond donors (Lipinski definition) is 2. The lowest BCUT2D eigenvalue weighted by Crippen LogP contribution is -2.15. The predicted octanol–water partition coefficient (Wildman–Crippen LogP) is 4.21. The van der Waals surface area contributed by atoms with E-state index in [9.17, 15) is 4.79 Å². The van der Waals surface area contributed by atoms with Gasteiger partial charge < -0.3 is 11.1 Å². The van der Waals surface area contributed by atoms with Crippen molar-refractivity contribution in [3.63, 3.8) is 0 Å². The zero-order chi connectivity index (χ0) is 14.9. The third-order valence-electron chi connectivity index (χ3n) is 3.18. The van der Waals surface area contributed by atoms with Crippen LogP contribution >= 0.6 is 15.9 Å². The van der Waals surface area contributed by atoms with Gasteiger partial charge in [0, 0.05) is 15.8 Å². The first kappa shape index (κ1) is 14.6. The van der Waals surface area contributed by atoms with E-state index in [4.69, 9.17) is 5.73 Å². The second-order valence-corrected chi connectivity index (χ2v) is 5.88. The fourth-order valence-electron chi connectivity index (χ4n) is 2.28. The molecule has 0 aromatic heterocycles. The molecular formula is C16H17BrN2O. The highest BCUT2D eigenvalue weighted by Crippen LogP contribution is 2.24. The second kappa shape index (κ2) is 5.67. The van der Waals surface area contributed by atoms with Crippen LogP contribution in [0, 0.1) is 20.8 Å². The van der Waals surface area contributed by atoms with Crippen LogP contribution in [0.15, 0.2) is 34.8 Å². The van der Waals surface area contributed by atoms with Gasteiger partial charge >= 0.3 is 0 Å². The molecule has 0 heterocycles. The average Bonchev–Trinajstić information content (AvgIpc) is 2.36. The number of nitrogens with two attached hydrogens (primary N) is 1. The van der Waals surface area contributed by atoms with Gasteiger partial charge in [-0.05, 0) is 50.1 Å². The van der Waals surface area contributed by atoms with Gasteiger partial charge in [-0.25, -0.2) is 0 Å². The first-order chi connectivity index (χ1) is 9.38. The fourth-order valence-corrected chi connectivity index (χ4v) is 2.64. The Morgan fingerprint density at radius 2 is 1.70 bits per heavy atom. The van der Waals surface area contributed by atoms with Crippen molar-refractivity contribution < 1.29 is 4.79 Å². The zero-order valence-electron chi connectivity index (χ0n) is 11.8. The molecule has 4 heteroatoms. The van der Waals surface area contributed by atoms with Gasteiger partial charge in [-0.15, -0.1) is 0 Å². The number of hydrogen-bond acceptors (Lipinski definition) is 2. The minimum absolute atomic E-state index is 0.196. The van der Waals surface area contributed by atoms with Crippen molar-refractivity contribution in [3.8, 4) is 0 Å².